The van der Waals surface area contributed by atoms with E-state index in [1.165, 1.54) is 16.4 Å². The molecule has 1 aliphatic heterocycles. The Balaban J connectivity index is 2.05. The first-order valence-electron chi connectivity index (χ1n) is 9.66. The summed E-state index contributed by atoms with van der Waals surface area (Å²) >= 11 is 0. The Kier molecular flexibility index (Phi) is 6.69. The molecule has 8 heteroatoms. The maximum atomic E-state index is 13.6. The molecule has 29 heavy (non-hydrogen) atoms. The lowest BCUT2D eigenvalue weighted by Gasteiger charge is -2.35. The fourth-order valence-electron chi connectivity index (χ4n) is 3.39. The molecule has 0 aliphatic carbocycles. The largest absolute Gasteiger partial charge is 0.390 e. The summed E-state index contributed by atoms with van der Waals surface area (Å²) in [5.74, 6) is -0.424. The van der Waals surface area contributed by atoms with Crippen LogP contribution in [0.2, 0.25) is 0 Å². The van der Waals surface area contributed by atoms with Crippen LogP contribution in [0.5, 0.6) is 0 Å². The molecule has 156 valence electrons. The molecule has 2 aromatic carbocycles. The molecule has 1 aliphatic rings. The molecule has 0 bridgehead atoms. The summed E-state index contributed by atoms with van der Waals surface area (Å²) < 4.78 is 28.5. The molecule has 3 N–H and O–H groups in total. The van der Waals surface area contributed by atoms with E-state index in [1.807, 2.05) is 44.2 Å². The molecule has 2 unspecified atom stereocenters. The van der Waals surface area contributed by atoms with E-state index in [9.17, 15) is 18.3 Å². The van der Waals surface area contributed by atoms with Crippen LogP contribution in [0.4, 0.5) is 0 Å². The van der Waals surface area contributed by atoms with Crippen molar-refractivity contribution in [2.75, 3.05) is 19.6 Å². The zero-order valence-electron chi connectivity index (χ0n) is 16.6. The minimum absolute atomic E-state index is 0.0536. The molecule has 2 atom stereocenters. The number of carbonyl (C=O) groups excluding carboxylic acids is 1. The highest BCUT2D eigenvalue weighted by molar-refractivity contribution is 7.89. The van der Waals surface area contributed by atoms with Gasteiger partial charge in [0.05, 0.1) is 22.6 Å². The van der Waals surface area contributed by atoms with Crippen LogP contribution in [0.3, 0.4) is 0 Å². The number of benzene rings is 2. The fraction of sp³-hybridized carbons (Fsp3) is 0.381. The van der Waals surface area contributed by atoms with E-state index >= 15 is 0 Å². The Morgan fingerprint density at radius 3 is 2.48 bits per heavy atom. The topological polar surface area (TPSA) is 98.7 Å². The molecule has 2 aromatic rings. The monoisotopic (exact) mass is 417 g/mol. The number of nitrogens with one attached hydrogen (secondary N) is 2. The molecule has 7 nitrogen and oxygen atoms in total. The van der Waals surface area contributed by atoms with E-state index in [0.29, 0.717) is 0 Å². The maximum Gasteiger partial charge on any atom is 0.252 e. The SMILES string of the molecule is CC(C)NCC(O)CN1C(c2ccccc2)CNC(=O)c2ccccc2S1(=O)=O. The van der Waals surface area contributed by atoms with Crippen molar-refractivity contribution >= 4 is 15.9 Å². The van der Waals surface area contributed by atoms with Gasteiger partial charge in [0.1, 0.15) is 0 Å². The molecule has 0 aromatic heterocycles. The van der Waals surface area contributed by atoms with Gasteiger partial charge in [-0.05, 0) is 17.7 Å². The normalized spacial score (nSPS) is 20.4. The summed E-state index contributed by atoms with van der Waals surface area (Å²) in [5.41, 5.74) is 0.860. The lowest BCUT2D eigenvalue weighted by Crippen LogP contribution is -2.49. The Labute approximate surface area is 171 Å². The molecule has 0 saturated carbocycles. The summed E-state index contributed by atoms with van der Waals surface area (Å²) in [6, 6.07) is 14.8. The number of sulfonamides is 1. The average molecular weight is 418 g/mol. The Morgan fingerprint density at radius 1 is 1.14 bits per heavy atom. The van der Waals surface area contributed by atoms with E-state index in [0.717, 1.165) is 5.56 Å². The van der Waals surface area contributed by atoms with E-state index in [2.05, 4.69) is 10.6 Å². The maximum absolute atomic E-state index is 13.6. The van der Waals surface area contributed by atoms with Gasteiger partial charge in [-0.1, -0.05) is 56.3 Å². The minimum Gasteiger partial charge on any atom is -0.390 e. The van der Waals surface area contributed by atoms with Crippen molar-refractivity contribution in [2.45, 2.75) is 36.9 Å². The lowest BCUT2D eigenvalue weighted by molar-refractivity contribution is 0.0922. The second-order valence-corrected chi connectivity index (χ2v) is 9.28. The zero-order chi connectivity index (χ0) is 21.0. The predicted octanol–water partition coefficient (Wildman–Crippen LogP) is 1.52. The molecule has 0 saturated heterocycles. The predicted molar refractivity (Wildman–Crippen MR) is 111 cm³/mol. The summed E-state index contributed by atoms with van der Waals surface area (Å²) in [6.45, 7) is 4.20. The Bertz CT molecular complexity index is 947. The first kappa shape index (κ1) is 21.4. The van der Waals surface area contributed by atoms with Crippen LogP contribution in [0, 0.1) is 0 Å². The number of hydrogen-bond donors (Lipinski definition) is 3. The number of amides is 1. The van der Waals surface area contributed by atoms with Gasteiger partial charge in [-0.2, -0.15) is 4.31 Å². The van der Waals surface area contributed by atoms with Crippen LogP contribution in [-0.4, -0.2) is 55.5 Å². The third-order valence-corrected chi connectivity index (χ3v) is 6.79. The van der Waals surface area contributed by atoms with Gasteiger partial charge in [-0.15, -0.1) is 0 Å². The second kappa shape index (κ2) is 9.04. The van der Waals surface area contributed by atoms with Gasteiger partial charge in [0.25, 0.3) is 5.91 Å². The number of rotatable bonds is 6. The van der Waals surface area contributed by atoms with Crippen molar-refractivity contribution in [3.05, 3.63) is 65.7 Å². The first-order valence-corrected chi connectivity index (χ1v) is 11.1. The number of carbonyl (C=O) groups is 1. The second-order valence-electron chi connectivity index (χ2n) is 7.42. The smallest absolute Gasteiger partial charge is 0.252 e. The highest BCUT2D eigenvalue weighted by Gasteiger charge is 2.38. The zero-order valence-corrected chi connectivity index (χ0v) is 17.4. The summed E-state index contributed by atoms with van der Waals surface area (Å²) in [5, 5.41) is 16.5. The third-order valence-electron chi connectivity index (χ3n) is 4.86. The van der Waals surface area contributed by atoms with Crippen LogP contribution in [0.15, 0.2) is 59.5 Å². The number of β-amino-alcohol motifs (C(OH)–C–C–N with tert-alkyl or cyclic N) is 1. The van der Waals surface area contributed by atoms with Crippen molar-refractivity contribution in [3.63, 3.8) is 0 Å². The third kappa shape index (κ3) is 4.84. The van der Waals surface area contributed by atoms with E-state index < -0.39 is 28.1 Å². The van der Waals surface area contributed by atoms with Crippen LogP contribution in [-0.2, 0) is 10.0 Å². The van der Waals surface area contributed by atoms with Crippen molar-refractivity contribution in [3.8, 4) is 0 Å². The Hall–Kier alpha value is -2.26. The molecular weight excluding hydrogens is 390 g/mol. The lowest BCUT2D eigenvalue weighted by atomic mass is 10.1. The van der Waals surface area contributed by atoms with Gasteiger partial charge in [-0.3, -0.25) is 4.79 Å². The van der Waals surface area contributed by atoms with Crippen molar-refractivity contribution in [1.29, 1.82) is 0 Å². The van der Waals surface area contributed by atoms with Crippen LogP contribution >= 0.6 is 0 Å². The van der Waals surface area contributed by atoms with E-state index in [4.69, 9.17) is 0 Å². The van der Waals surface area contributed by atoms with Gasteiger partial charge in [-0.25, -0.2) is 8.42 Å². The summed E-state index contributed by atoms with van der Waals surface area (Å²) in [7, 11) is -4.02. The van der Waals surface area contributed by atoms with Crippen molar-refractivity contribution in [1.82, 2.24) is 14.9 Å². The molecule has 1 heterocycles. The molecular formula is C21H27N3O4S. The number of hydrogen-bond acceptors (Lipinski definition) is 5. The summed E-state index contributed by atoms with van der Waals surface area (Å²) in [4.78, 5) is 12.5. The number of fused-ring (bicyclic) bond motifs is 1. The molecule has 0 radical (unpaired) electrons. The molecule has 0 fully saturated rings. The van der Waals surface area contributed by atoms with Gasteiger partial charge in [0.15, 0.2) is 0 Å². The first-order chi connectivity index (χ1) is 13.8. The van der Waals surface area contributed by atoms with E-state index in [1.54, 1.807) is 12.1 Å². The minimum atomic E-state index is -4.02. The average Bonchev–Trinajstić information content (AvgIpc) is 2.71. The van der Waals surface area contributed by atoms with E-state index in [-0.39, 0.29) is 36.1 Å². The number of aliphatic hydroxyl groups is 1. The highest BCUT2D eigenvalue weighted by atomic mass is 32.2. The van der Waals surface area contributed by atoms with Crippen LogP contribution < -0.4 is 10.6 Å². The highest BCUT2D eigenvalue weighted by Crippen LogP contribution is 2.31. The van der Waals surface area contributed by atoms with Crippen LogP contribution in [0.25, 0.3) is 0 Å². The molecule has 0 spiro atoms. The fourth-order valence-corrected chi connectivity index (χ4v) is 5.23. The summed E-state index contributed by atoms with van der Waals surface area (Å²) in [6.07, 6.45) is -0.902. The quantitative estimate of drug-likeness (QED) is 0.662. The molecule has 3 rings (SSSR count). The molecule has 1 amide bonds. The number of aliphatic hydroxyl groups excluding tert-OH is 1. The van der Waals surface area contributed by atoms with Gasteiger partial charge < -0.3 is 15.7 Å². The van der Waals surface area contributed by atoms with Gasteiger partial charge in [0, 0.05) is 25.7 Å². The number of nitrogens with zero attached hydrogens (tertiary/aromatic N) is 1. The van der Waals surface area contributed by atoms with Crippen LogP contribution in [0.1, 0.15) is 35.8 Å². The van der Waals surface area contributed by atoms with Crippen molar-refractivity contribution < 1.29 is 18.3 Å². The Morgan fingerprint density at radius 2 is 1.79 bits per heavy atom. The van der Waals surface area contributed by atoms with Gasteiger partial charge in [0.2, 0.25) is 10.0 Å². The van der Waals surface area contributed by atoms with Crippen molar-refractivity contribution in [2.24, 2.45) is 0 Å². The standard InChI is InChI=1S/C21H27N3O4S/c1-15(2)22-12-17(25)14-24-19(16-8-4-3-5-9-16)13-23-21(26)18-10-6-7-11-20(18)29(24,27)28/h3-11,15,17,19,22,25H,12-14H2,1-2H3,(H,23,26). The van der Waals surface area contributed by atoms with Gasteiger partial charge >= 0.3 is 0 Å².